The minimum atomic E-state index is -0.0722. The predicted molar refractivity (Wildman–Crippen MR) is 77.7 cm³/mol. The first-order valence-corrected chi connectivity index (χ1v) is 7.13. The van der Waals surface area contributed by atoms with Crippen LogP contribution in [0.1, 0.15) is 53.3 Å². The van der Waals surface area contributed by atoms with Gasteiger partial charge in [-0.05, 0) is 18.8 Å². The van der Waals surface area contributed by atoms with Crippen molar-refractivity contribution in [3.63, 3.8) is 0 Å². The molecule has 1 aromatic rings. The molecule has 0 radical (unpaired) electrons. The third-order valence-electron chi connectivity index (χ3n) is 2.87. The zero-order valence-electron chi connectivity index (χ0n) is 12.7. The summed E-state index contributed by atoms with van der Waals surface area (Å²) in [4.78, 5) is 9.14. The maximum Gasteiger partial charge on any atom is 0.218 e. The van der Waals surface area contributed by atoms with Crippen LogP contribution in [0.4, 0.5) is 5.82 Å². The Morgan fingerprint density at radius 1 is 1.32 bits per heavy atom. The number of hydrogen-bond acceptors (Lipinski definition) is 4. The standard InChI is InChI=1S/C15H25N3O/c1-10(2)9-19-13-8-12(16-11-6-7-11)17-14(18-13)15(3,4)5/h8,10-11H,6-7,9H2,1-5H3,(H,16,17,18). The lowest BCUT2D eigenvalue weighted by molar-refractivity contribution is 0.259. The molecule has 1 aliphatic rings. The van der Waals surface area contributed by atoms with E-state index < -0.39 is 0 Å². The zero-order chi connectivity index (χ0) is 14.0. The lowest BCUT2D eigenvalue weighted by Gasteiger charge is -2.19. The highest BCUT2D eigenvalue weighted by Crippen LogP contribution is 2.28. The maximum atomic E-state index is 5.75. The Morgan fingerprint density at radius 3 is 2.53 bits per heavy atom. The van der Waals surface area contributed by atoms with Crippen molar-refractivity contribution in [2.75, 3.05) is 11.9 Å². The van der Waals surface area contributed by atoms with Gasteiger partial charge in [-0.2, -0.15) is 4.98 Å². The molecule has 0 atom stereocenters. The van der Waals surface area contributed by atoms with E-state index in [1.807, 2.05) is 6.07 Å². The number of ether oxygens (including phenoxy) is 1. The smallest absolute Gasteiger partial charge is 0.218 e. The number of nitrogens with one attached hydrogen (secondary N) is 1. The summed E-state index contributed by atoms with van der Waals surface area (Å²) in [5.41, 5.74) is -0.0722. The van der Waals surface area contributed by atoms with Crippen LogP contribution < -0.4 is 10.1 Å². The average molecular weight is 263 g/mol. The molecule has 19 heavy (non-hydrogen) atoms. The van der Waals surface area contributed by atoms with Crippen LogP contribution in [0.2, 0.25) is 0 Å². The summed E-state index contributed by atoms with van der Waals surface area (Å²) < 4.78 is 5.75. The van der Waals surface area contributed by atoms with Gasteiger partial charge in [0.15, 0.2) is 0 Å². The second-order valence-corrected chi connectivity index (χ2v) is 6.79. The van der Waals surface area contributed by atoms with Crippen molar-refractivity contribution in [3.05, 3.63) is 11.9 Å². The van der Waals surface area contributed by atoms with E-state index in [1.165, 1.54) is 12.8 Å². The average Bonchev–Trinajstić information content (AvgIpc) is 3.09. The molecule has 0 amide bonds. The van der Waals surface area contributed by atoms with Crippen molar-refractivity contribution >= 4 is 5.82 Å². The lowest BCUT2D eigenvalue weighted by atomic mass is 9.96. The fourth-order valence-corrected chi connectivity index (χ4v) is 1.60. The summed E-state index contributed by atoms with van der Waals surface area (Å²) in [6, 6.07) is 2.50. The molecule has 1 aliphatic carbocycles. The minimum Gasteiger partial charge on any atom is -0.477 e. The van der Waals surface area contributed by atoms with Crippen molar-refractivity contribution in [3.8, 4) is 5.88 Å². The van der Waals surface area contributed by atoms with Gasteiger partial charge >= 0.3 is 0 Å². The van der Waals surface area contributed by atoms with Crippen LogP contribution in [0, 0.1) is 5.92 Å². The molecule has 1 fully saturated rings. The fraction of sp³-hybridized carbons (Fsp3) is 0.733. The van der Waals surface area contributed by atoms with Gasteiger partial charge in [0, 0.05) is 17.5 Å². The first kappa shape index (κ1) is 14.1. The lowest BCUT2D eigenvalue weighted by Crippen LogP contribution is -2.19. The van der Waals surface area contributed by atoms with E-state index in [4.69, 9.17) is 4.74 Å². The van der Waals surface area contributed by atoms with Gasteiger partial charge in [0.1, 0.15) is 11.6 Å². The SMILES string of the molecule is CC(C)COc1cc(NC2CC2)nc(C(C)(C)C)n1. The van der Waals surface area contributed by atoms with E-state index in [2.05, 4.69) is 49.9 Å². The van der Waals surface area contributed by atoms with Crippen molar-refractivity contribution in [2.45, 2.75) is 58.9 Å². The number of rotatable bonds is 5. The summed E-state index contributed by atoms with van der Waals surface area (Å²) >= 11 is 0. The van der Waals surface area contributed by atoms with Crippen LogP contribution in [0.15, 0.2) is 6.07 Å². The van der Waals surface area contributed by atoms with Crippen LogP contribution in [-0.4, -0.2) is 22.6 Å². The Balaban J connectivity index is 2.20. The molecule has 0 bridgehead atoms. The molecule has 106 valence electrons. The van der Waals surface area contributed by atoms with E-state index in [0.29, 0.717) is 24.4 Å². The third-order valence-corrected chi connectivity index (χ3v) is 2.87. The molecule has 0 aromatic carbocycles. The van der Waals surface area contributed by atoms with Crippen molar-refractivity contribution in [1.29, 1.82) is 0 Å². The van der Waals surface area contributed by atoms with Crippen molar-refractivity contribution < 1.29 is 4.74 Å². The van der Waals surface area contributed by atoms with Crippen molar-refractivity contribution in [2.24, 2.45) is 5.92 Å². The summed E-state index contributed by atoms with van der Waals surface area (Å²) in [5, 5.41) is 3.43. The van der Waals surface area contributed by atoms with Gasteiger partial charge in [0.2, 0.25) is 5.88 Å². The molecule has 1 N–H and O–H groups in total. The second-order valence-electron chi connectivity index (χ2n) is 6.79. The molecule has 0 unspecified atom stereocenters. The Bertz CT molecular complexity index is 434. The van der Waals surface area contributed by atoms with Crippen LogP contribution in [0.5, 0.6) is 5.88 Å². The second kappa shape index (κ2) is 5.35. The molecule has 1 saturated carbocycles. The van der Waals surface area contributed by atoms with E-state index >= 15 is 0 Å². The summed E-state index contributed by atoms with van der Waals surface area (Å²) in [6.07, 6.45) is 2.47. The molecule has 0 spiro atoms. The van der Waals surface area contributed by atoms with Gasteiger partial charge in [0.05, 0.1) is 6.61 Å². The molecule has 0 saturated heterocycles. The van der Waals surface area contributed by atoms with Crippen LogP contribution in [-0.2, 0) is 5.41 Å². The van der Waals surface area contributed by atoms with E-state index in [1.54, 1.807) is 0 Å². The first-order valence-electron chi connectivity index (χ1n) is 7.13. The van der Waals surface area contributed by atoms with E-state index in [0.717, 1.165) is 11.6 Å². The highest BCUT2D eigenvalue weighted by Gasteiger charge is 2.24. The Kier molecular flexibility index (Phi) is 3.97. The Hall–Kier alpha value is -1.32. The molecular weight excluding hydrogens is 238 g/mol. The minimum absolute atomic E-state index is 0.0722. The molecule has 4 heteroatoms. The van der Waals surface area contributed by atoms with Crippen LogP contribution >= 0.6 is 0 Å². The molecule has 2 rings (SSSR count). The van der Waals surface area contributed by atoms with Crippen LogP contribution in [0.3, 0.4) is 0 Å². The summed E-state index contributed by atoms with van der Waals surface area (Å²) in [5.74, 6) is 2.89. The summed E-state index contributed by atoms with van der Waals surface area (Å²) in [7, 11) is 0. The Morgan fingerprint density at radius 2 is 2.00 bits per heavy atom. The molecule has 1 heterocycles. The predicted octanol–water partition coefficient (Wildman–Crippen LogP) is 3.38. The zero-order valence-corrected chi connectivity index (χ0v) is 12.7. The summed E-state index contributed by atoms with van der Waals surface area (Å²) in [6.45, 7) is 11.3. The van der Waals surface area contributed by atoms with Crippen LogP contribution in [0.25, 0.3) is 0 Å². The number of anilines is 1. The van der Waals surface area contributed by atoms with Gasteiger partial charge in [-0.25, -0.2) is 4.98 Å². The van der Waals surface area contributed by atoms with Crippen molar-refractivity contribution in [1.82, 2.24) is 9.97 Å². The largest absolute Gasteiger partial charge is 0.477 e. The molecule has 1 aromatic heterocycles. The fourth-order valence-electron chi connectivity index (χ4n) is 1.60. The quantitative estimate of drug-likeness (QED) is 0.884. The van der Waals surface area contributed by atoms with Gasteiger partial charge in [0.25, 0.3) is 0 Å². The molecule has 4 nitrogen and oxygen atoms in total. The third kappa shape index (κ3) is 4.37. The Labute approximate surface area is 116 Å². The van der Waals surface area contributed by atoms with Gasteiger partial charge in [-0.15, -0.1) is 0 Å². The number of aromatic nitrogens is 2. The van der Waals surface area contributed by atoms with Gasteiger partial charge in [-0.3, -0.25) is 0 Å². The van der Waals surface area contributed by atoms with Gasteiger partial charge in [-0.1, -0.05) is 34.6 Å². The highest BCUT2D eigenvalue weighted by molar-refractivity contribution is 5.41. The number of nitrogens with zero attached hydrogens (tertiary/aromatic N) is 2. The topological polar surface area (TPSA) is 47.0 Å². The normalized spacial score (nSPS) is 15.7. The monoisotopic (exact) mass is 263 g/mol. The highest BCUT2D eigenvalue weighted by atomic mass is 16.5. The van der Waals surface area contributed by atoms with E-state index in [9.17, 15) is 0 Å². The first-order chi connectivity index (χ1) is 8.84. The molecule has 0 aliphatic heterocycles. The maximum absolute atomic E-state index is 5.75. The molecular formula is C15H25N3O. The number of hydrogen-bond donors (Lipinski definition) is 1. The van der Waals surface area contributed by atoms with E-state index in [-0.39, 0.29) is 5.41 Å². The van der Waals surface area contributed by atoms with Gasteiger partial charge < -0.3 is 10.1 Å².